The molecule has 0 aromatic carbocycles. The van der Waals surface area contributed by atoms with E-state index in [0.717, 1.165) is 19.3 Å². The van der Waals surface area contributed by atoms with Crippen molar-refractivity contribution in [2.75, 3.05) is 0 Å². The largest absolute Gasteiger partial charge is 0.424 e. The zero-order valence-corrected chi connectivity index (χ0v) is 15.7. The number of aryl methyl sites for hydroxylation is 1. The Balaban J connectivity index is 2.31. The van der Waals surface area contributed by atoms with Crippen LogP contribution >= 0.6 is 0 Å². The Labute approximate surface area is 151 Å². The van der Waals surface area contributed by atoms with Crippen LogP contribution in [0.2, 0.25) is 0 Å². The molecular weight excluding hydrogens is 318 g/mol. The molecule has 0 fully saturated rings. The normalized spacial score (nSPS) is 10.9. The summed E-state index contributed by atoms with van der Waals surface area (Å²) >= 11 is 0. The topological polar surface area (TPSA) is 79.7 Å². The van der Waals surface area contributed by atoms with E-state index < -0.39 is 0 Å². The number of esters is 1. The number of aliphatic hydroxyl groups excluding tert-OH is 2. The zero-order chi connectivity index (χ0) is 18.5. The van der Waals surface area contributed by atoms with E-state index in [2.05, 4.69) is 11.9 Å². The molecule has 5 nitrogen and oxygen atoms in total. The summed E-state index contributed by atoms with van der Waals surface area (Å²) in [5.74, 6) is -0.0207. The molecule has 0 saturated heterocycles. The average molecular weight is 351 g/mol. The Morgan fingerprint density at radius 1 is 1.00 bits per heavy atom. The van der Waals surface area contributed by atoms with Gasteiger partial charge in [-0.3, -0.25) is 9.78 Å². The van der Waals surface area contributed by atoms with Crippen molar-refractivity contribution in [2.24, 2.45) is 0 Å². The molecule has 0 bridgehead atoms. The lowest BCUT2D eigenvalue weighted by Crippen LogP contribution is -2.12. The lowest BCUT2D eigenvalue weighted by molar-refractivity contribution is -0.134. The number of ether oxygens (including phenoxy) is 1. The van der Waals surface area contributed by atoms with Crippen LogP contribution < -0.4 is 4.74 Å². The first-order chi connectivity index (χ1) is 12.1. The van der Waals surface area contributed by atoms with Crippen LogP contribution in [0.1, 0.15) is 88.0 Å². The first-order valence-electron chi connectivity index (χ1n) is 9.53. The maximum absolute atomic E-state index is 12.0. The predicted octanol–water partition coefficient (Wildman–Crippen LogP) is 4.20. The average Bonchev–Trinajstić information content (AvgIpc) is 2.61. The van der Waals surface area contributed by atoms with Gasteiger partial charge in [-0.05, 0) is 13.3 Å². The first kappa shape index (κ1) is 21.6. The molecule has 0 spiro atoms. The molecule has 1 rings (SSSR count). The Morgan fingerprint density at radius 2 is 1.60 bits per heavy atom. The third-order valence-corrected chi connectivity index (χ3v) is 4.43. The number of nitrogens with zero attached hydrogens (tertiary/aromatic N) is 1. The van der Waals surface area contributed by atoms with Crippen LogP contribution in [0.4, 0.5) is 0 Å². The fraction of sp³-hybridized carbons (Fsp3) is 0.700. The second-order valence-electron chi connectivity index (χ2n) is 6.55. The standard InChI is InChI=1S/C20H33NO4/c1-3-4-5-6-7-8-9-10-11-12-19(24)25-20-16(2)21-13-17(14-22)18(20)15-23/h13,22-23H,3-12,14-15H2,1-2H3. The van der Waals surface area contributed by atoms with E-state index in [-0.39, 0.29) is 24.9 Å². The number of hydrogen-bond acceptors (Lipinski definition) is 5. The molecule has 25 heavy (non-hydrogen) atoms. The molecular formula is C20H33NO4. The summed E-state index contributed by atoms with van der Waals surface area (Å²) in [7, 11) is 0. The number of hydrogen-bond donors (Lipinski definition) is 2. The fourth-order valence-corrected chi connectivity index (χ4v) is 2.87. The molecule has 1 aromatic rings. The van der Waals surface area contributed by atoms with Gasteiger partial charge in [0.1, 0.15) is 0 Å². The van der Waals surface area contributed by atoms with Gasteiger partial charge in [-0.1, -0.05) is 58.3 Å². The van der Waals surface area contributed by atoms with Gasteiger partial charge in [-0.2, -0.15) is 0 Å². The van der Waals surface area contributed by atoms with Crippen molar-refractivity contribution in [3.8, 4) is 5.75 Å². The van der Waals surface area contributed by atoms with Crippen LogP contribution in [0.3, 0.4) is 0 Å². The summed E-state index contributed by atoms with van der Waals surface area (Å²) in [5.41, 5.74) is 1.47. The highest BCUT2D eigenvalue weighted by Gasteiger charge is 2.16. The monoisotopic (exact) mass is 351 g/mol. The van der Waals surface area contributed by atoms with E-state index in [0.29, 0.717) is 23.2 Å². The van der Waals surface area contributed by atoms with Gasteiger partial charge in [0.05, 0.1) is 18.9 Å². The lowest BCUT2D eigenvalue weighted by atomic mass is 10.1. The van der Waals surface area contributed by atoms with Crippen molar-refractivity contribution < 1.29 is 19.7 Å². The molecule has 1 aromatic heterocycles. The number of carbonyl (C=O) groups is 1. The maximum Gasteiger partial charge on any atom is 0.311 e. The molecule has 0 unspecified atom stereocenters. The molecule has 0 amide bonds. The third-order valence-electron chi connectivity index (χ3n) is 4.43. The minimum atomic E-state index is -0.308. The third kappa shape index (κ3) is 7.97. The van der Waals surface area contributed by atoms with Gasteiger partial charge in [0, 0.05) is 23.7 Å². The Hall–Kier alpha value is -1.46. The number of aliphatic hydroxyl groups is 2. The Kier molecular flexibility index (Phi) is 11.1. The van der Waals surface area contributed by atoms with Gasteiger partial charge in [0.15, 0.2) is 5.75 Å². The molecule has 5 heteroatoms. The van der Waals surface area contributed by atoms with E-state index in [1.54, 1.807) is 6.92 Å². The molecule has 1 heterocycles. The highest BCUT2D eigenvalue weighted by atomic mass is 16.5. The van der Waals surface area contributed by atoms with Crippen molar-refractivity contribution in [3.63, 3.8) is 0 Å². The Bertz CT molecular complexity index is 517. The van der Waals surface area contributed by atoms with E-state index in [9.17, 15) is 15.0 Å². The van der Waals surface area contributed by atoms with Crippen molar-refractivity contribution in [1.82, 2.24) is 4.98 Å². The Morgan fingerprint density at radius 3 is 2.16 bits per heavy atom. The van der Waals surface area contributed by atoms with Gasteiger partial charge >= 0.3 is 5.97 Å². The summed E-state index contributed by atoms with van der Waals surface area (Å²) in [4.78, 5) is 16.2. The number of unbranched alkanes of at least 4 members (excludes halogenated alkanes) is 8. The second kappa shape index (κ2) is 12.8. The van der Waals surface area contributed by atoms with Crippen LogP contribution in [0, 0.1) is 6.92 Å². The predicted molar refractivity (Wildman–Crippen MR) is 98.3 cm³/mol. The number of carbonyl (C=O) groups excluding carboxylic acids is 1. The summed E-state index contributed by atoms with van der Waals surface area (Å²) in [6, 6.07) is 0. The first-order valence-corrected chi connectivity index (χ1v) is 9.53. The second-order valence-corrected chi connectivity index (χ2v) is 6.55. The van der Waals surface area contributed by atoms with E-state index in [1.807, 2.05) is 0 Å². The van der Waals surface area contributed by atoms with Crippen LogP contribution in [0.25, 0.3) is 0 Å². The summed E-state index contributed by atoms with van der Waals surface area (Å²) in [5, 5.41) is 18.8. The van der Waals surface area contributed by atoms with Gasteiger partial charge in [0.25, 0.3) is 0 Å². The van der Waals surface area contributed by atoms with Crippen LogP contribution in [-0.4, -0.2) is 21.2 Å². The zero-order valence-electron chi connectivity index (χ0n) is 15.7. The molecule has 0 radical (unpaired) electrons. The smallest absolute Gasteiger partial charge is 0.311 e. The molecule has 0 aliphatic heterocycles. The molecule has 0 aliphatic carbocycles. The van der Waals surface area contributed by atoms with Crippen molar-refractivity contribution in [2.45, 2.75) is 91.3 Å². The molecule has 0 saturated carbocycles. The van der Waals surface area contributed by atoms with Gasteiger partial charge in [-0.25, -0.2) is 0 Å². The van der Waals surface area contributed by atoms with Crippen molar-refractivity contribution in [1.29, 1.82) is 0 Å². The minimum Gasteiger partial charge on any atom is -0.424 e. The van der Waals surface area contributed by atoms with Gasteiger partial charge < -0.3 is 14.9 Å². The van der Waals surface area contributed by atoms with Gasteiger partial charge in [0.2, 0.25) is 0 Å². The van der Waals surface area contributed by atoms with Gasteiger partial charge in [-0.15, -0.1) is 0 Å². The summed E-state index contributed by atoms with van der Waals surface area (Å²) < 4.78 is 5.41. The van der Waals surface area contributed by atoms with Crippen LogP contribution in [-0.2, 0) is 18.0 Å². The van der Waals surface area contributed by atoms with E-state index >= 15 is 0 Å². The molecule has 2 N–H and O–H groups in total. The van der Waals surface area contributed by atoms with Crippen LogP contribution in [0.5, 0.6) is 5.75 Å². The fourth-order valence-electron chi connectivity index (χ4n) is 2.87. The minimum absolute atomic E-state index is 0.244. The highest BCUT2D eigenvalue weighted by molar-refractivity contribution is 5.73. The van der Waals surface area contributed by atoms with Crippen molar-refractivity contribution >= 4 is 5.97 Å². The van der Waals surface area contributed by atoms with Crippen molar-refractivity contribution in [3.05, 3.63) is 23.0 Å². The highest BCUT2D eigenvalue weighted by Crippen LogP contribution is 2.26. The SMILES string of the molecule is CCCCCCCCCCCC(=O)Oc1c(C)ncc(CO)c1CO. The molecule has 0 aliphatic rings. The summed E-state index contributed by atoms with van der Waals surface area (Å²) in [6.07, 6.45) is 12.6. The number of rotatable bonds is 13. The quantitative estimate of drug-likeness (QED) is 0.411. The lowest BCUT2D eigenvalue weighted by Gasteiger charge is -2.13. The maximum atomic E-state index is 12.0. The van der Waals surface area contributed by atoms with E-state index in [4.69, 9.17) is 4.74 Å². The number of pyridine rings is 1. The van der Waals surface area contributed by atoms with Crippen LogP contribution in [0.15, 0.2) is 6.20 Å². The molecule has 142 valence electrons. The number of aromatic nitrogens is 1. The molecule has 0 atom stereocenters. The van der Waals surface area contributed by atoms with E-state index in [1.165, 1.54) is 44.7 Å². The summed E-state index contributed by atoms with van der Waals surface area (Å²) in [6.45, 7) is 3.41.